The maximum Gasteiger partial charge on any atom is 0.495 e. The topological polar surface area (TPSA) is 18.5 Å². The minimum atomic E-state index is -0.713. The van der Waals surface area contributed by atoms with Gasteiger partial charge in [-0.3, -0.25) is 0 Å². The van der Waals surface area contributed by atoms with E-state index in [4.69, 9.17) is 13.4 Å². The van der Waals surface area contributed by atoms with Gasteiger partial charge in [0, 0.05) is 0 Å². The maximum absolute atomic E-state index is 7.78. The predicted octanol–water partition coefficient (Wildman–Crippen LogP) is 2.05. The summed E-state index contributed by atoms with van der Waals surface area (Å²) in [5.74, 6) is 0. The summed E-state index contributed by atoms with van der Waals surface area (Å²) in [6.07, 6.45) is 0. The molecule has 1 aromatic heterocycles. The Morgan fingerprint density at radius 2 is 1.86 bits per heavy atom. The molecule has 0 atom stereocenters. The lowest BCUT2D eigenvalue weighted by Gasteiger charge is -2.32. The molecule has 1 aromatic rings. The van der Waals surface area contributed by atoms with Crippen LogP contribution in [0.15, 0.2) is 16.8 Å². The minimum Gasteiger partial charge on any atom is -0.399 e. The zero-order valence-corrected chi connectivity index (χ0v) is 9.62. The molecule has 2 heterocycles. The normalized spacial score (nSPS) is 27.1. The van der Waals surface area contributed by atoms with Crippen LogP contribution >= 0.6 is 11.3 Å². The predicted molar refractivity (Wildman–Crippen MR) is 60.0 cm³/mol. The molecule has 0 aromatic carbocycles. The van der Waals surface area contributed by atoms with Gasteiger partial charge in [0.2, 0.25) is 0 Å². The van der Waals surface area contributed by atoms with E-state index in [1.807, 2.05) is 27.7 Å². The fourth-order valence-corrected chi connectivity index (χ4v) is 1.72. The van der Waals surface area contributed by atoms with Gasteiger partial charge in [0.1, 0.15) is 0 Å². The first-order valence-corrected chi connectivity index (χ1v) is 5.39. The van der Waals surface area contributed by atoms with E-state index in [9.17, 15) is 0 Å². The molecule has 4 heteroatoms. The van der Waals surface area contributed by atoms with E-state index in [0.717, 1.165) is 11.3 Å². The number of hydrogen-bond donors (Lipinski definition) is 0. The second kappa shape index (κ2) is 3.09. The fraction of sp³-hybridized carbons (Fsp3) is 0.600. The van der Waals surface area contributed by atoms with Crippen molar-refractivity contribution in [2.24, 2.45) is 0 Å². The van der Waals surface area contributed by atoms with E-state index in [1.165, 1.54) is 0 Å². The molecule has 0 saturated carbocycles. The molecule has 1 aliphatic rings. The number of rotatable bonds is 1. The van der Waals surface area contributed by atoms with Crippen LogP contribution in [0.4, 0.5) is 0 Å². The maximum atomic E-state index is 7.78. The van der Waals surface area contributed by atoms with Gasteiger partial charge in [-0.1, -0.05) is 6.04 Å². The third-order valence-electron chi connectivity index (χ3n) is 2.89. The first kappa shape index (κ1) is 7.04. The summed E-state index contributed by atoms with van der Waals surface area (Å²) >= 11 is 0.969. The van der Waals surface area contributed by atoms with Gasteiger partial charge in [-0.2, -0.15) is 11.3 Å². The molecule has 0 bridgehead atoms. The molecule has 1 aliphatic heterocycles. The number of hydrogen-bond acceptors (Lipinski definition) is 3. The lowest BCUT2D eigenvalue weighted by molar-refractivity contribution is 0.00578. The lowest BCUT2D eigenvalue weighted by Crippen LogP contribution is -2.41. The molecule has 0 amide bonds. The molecule has 0 spiro atoms. The Balaban J connectivity index is 2.39. The zero-order valence-electron chi connectivity index (χ0n) is 11.8. The Hall–Kier alpha value is -0.315. The standard InChI is InChI=1S/C10H15BO2S/c1-9(2)10(3,4)13-11(12-9)8-5-6-14-7-8/h5-7H,1-4H3/i5D,6D,7D. The Bertz CT molecular complexity index is 443. The van der Waals surface area contributed by atoms with Crippen LogP contribution in [0.2, 0.25) is 0 Å². The van der Waals surface area contributed by atoms with Crippen LogP contribution in [0.5, 0.6) is 0 Å². The SMILES string of the molecule is [2H]c1sc([2H])c(B2OC(C)(C)C(C)(C)O2)c1[2H]. The minimum absolute atomic E-state index is 0.0403. The summed E-state index contributed by atoms with van der Waals surface area (Å²) < 4.78 is 34.7. The van der Waals surface area contributed by atoms with Gasteiger partial charge < -0.3 is 9.31 Å². The summed E-state index contributed by atoms with van der Waals surface area (Å²) in [4.78, 5) is 0. The molecular formula is C10H15BO2S. The van der Waals surface area contributed by atoms with Crippen molar-refractivity contribution in [2.45, 2.75) is 38.9 Å². The van der Waals surface area contributed by atoms with Crippen LogP contribution in [0.1, 0.15) is 31.8 Å². The molecule has 14 heavy (non-hydrogen) atoms. The van der Waals surface area contributed by atoms with Crippen molar-refractivity contribution in [1.29, 1.82) is 0 Å². The Morgan fingerprint density at radius 3 is 2.29 bits per heavy atom. The number of thiophene rings is 1. The first-order valence-electron chi connectivity index (χ1n) is 6.08. The van der Waals surface area contributed by atoms with Crippen LogP contribution < -0.4 is 5.46 Å². The summed E-state index contributed by atoms with van der Waals surface area (Å²) in [6.45, 7) is 7.70. The smallest absolute Gasteiger partial charge is 0.399 e. The van der Waals surface area contributed by atoms with E-state index in [0.29, 0.717) is 5.46 Å². The molecular weight excluding hydrogens is 195 g/mol. The van der Waals surface area contributed by atoms with Gasteiger partial charge in [0.25, 0.3) is 0 Å². The third kappa shape index (κ3) is 1.51. The van der Waals surface area contributed by atoms with Crippen molar-refractivity contribution >= 4 is 23.9 Å². The van der Waals surface area contributed by atoms with Crippen LogP contribution in [0.25, 0.3) is 0 Å². The average molecular weight is 213 g/mol. The highest BCUT2D eigenvalue weighted by molar-refractivity contribution is 7.09. The first-order chi connectivity index (χ1) is 7.66. The summed E-state index contributed by atoms with van der Waals surface area (Å²) in [5, 5.41) is 0.262. The molecule has 0 unspecified atom stereocenters. The Morgan fingerprint density at radius 1 is 1.29 bits per heavy atom. The zero-order chi connectivity index (χ0) is 13.0. The molecule has 1 fully saturated rings. The molecule has 76 valence electrons. The summed E-state index contributed by atoms with van der Waals surface area (Å²) in [7, 11) is -0.713. The van der Waals surface area contributed by atoms with E-state index >= 15 is 0 Å². The van der Waals surface area contributed by atoms with Crippen molar-refractivity contribution in [3.8, 4) is 0 Å². The van der Waals surface area contributed by atoms with Crippen LogP contribution in [-0.2, 0) is 9.31 Å². The summed E-state index contributed by atoms with van der Waals surface area (Å²) in [6, 6.07) is 0.0403. The molecule has 0 aliphatic carbocycles. The van der Waals surface area contributed by atoms with Crippen molar-refractivity contribution in [3.63, 3.8) is 0 Å². The highest BCUT2D eigenvalue weighted by Crippen LogP contribution is 2.36. The van der Waals surface area contributed by atoms with Crippen molar-refractivity contribution < 1.29 is 13.4 Å². The quantitative estimate of drug-likeness (QED) is 0.664. The van der Waals surface area contributed by atoms with E-state index in [-0.39, 0.29) is 16.8 Å². The van der Waals surface area contributed by atoms with Gasteiger partial charge in [-0.15, -0.1) is 0 Å². The van der Waals surface area contributed by atoms with Crippen molar-refractivity contribution in [3.05, 3.63) is 16.8 Å². The van der Waals surface area contributed by atoms with Crippen LogP contribution in [-0.4, -0.2) is 18.3 Å². The Labute approximate surface area is 93.6 Å². The highest BCUT2D eigenvalue weighted by atomic mass is 32.1. The molecule has 2 rings (SSSR count). The van der Waals surface area contributed by atoms with Gasteiger partial charge in [0.05, 0.1) is 15.3 Å². The van der Waals surface area contributed by atoms with Crippen LogP contribution in [0, 0.1) is 0 Å². The molecule has 2 nitrogen and oxygen atoms in total. The van der Waals surface area contributed by atoms with Gasteiger partial charge in [0.15, 0.2) is 0 Å². The van der Waals surface area contributed by atoms with E-state index in [2.05, 4.69) is 0 Å². The van der Waals surface area contributed by atoms with Crippen molar-refractivity contribution in [1.82, 2.24) is 0 Å². The van der Waals surface area contributed by atoms with Gasteiger partial charge in [-0.25, -0.2) is 0 Å². The largest absolute Gasteiger partial charge is 0.495 e. The fourth-order valence-electron chi connectivity index (χ4n) is 1.25. The molecule has 0 radical (unpaired) electrons. The highest BCUT2D eigenvalue weighted by Gasteiger charge is 2.51. The van der Waals surface area contributed by atoms with E-state index < -0.39 is 18.3 Å². The lowest BCUT2D eigenvalue weighted by atomic mass is 9.82. The van der Waals surface area contributed by atoms with E-state index in [1.54, 1.807) is 0 Å². The third-order valence-corrected chi connectivity index (χ3v) is 3.41. The van der Waals surface area contributed by atoms with Crippen molar-refractivity contribution in [2.75, 3.05) is 0 Å². The van der Waals surface area contributed by atoms with Gasteiger partial charge in [-0.05, 0) is 43.9 Å². The summed E-state index contributed by atoms with van der Waals surface area (Å²) in [5.41, 5.74) is -0.597. The molecule has 1 saturated heterocycles. The monoisotopic (exact) mass is 213 g/mol. The van der Waals surface area contributed by atoms with Gasteiger partial charge >= 0.3 is 7.12 Å². The average Bonchev–Trinajstić information content (AvgIpc) is 2.49. The second-order valence-electron chi connectivity index (χ2n) is 4.43. The van der Waals surface area contributed by atoms with Crippen LogP contribution in [0.3, 0.4) is 0 Å². The second-order valence-corrected chi connectivity index (χ2v) is 5.05. The Kier molecular flexibility index (Phi) is 1.55. The molecule has 0 N–H and O–H groups in total.